The Hall–Kier alpha value is -2.70. The summed E-state index contributed by atoms with van der Waals surface area (Å²) in [5.41, 5.74) is 1.22. The molecule has 1 aromatic heterocycles. The number of carbonyl (C=O) groups excluding carboxylic acids is 1. The second-order valence-corrected chi connectivity index (χ2v) is 5.02. The zero-order chi connectivity index (χ0) is 15.9. The van der Waals surface area contributed by atoms with Crippen molar-refractivity contribution in [3.8, 4) is 5.75 Å². The molecule has 0 atom stereocenters. The molecular weight excluding hydrogens is 282 g/mol. The normalized spacial score (nSPS) is 10.5. The summed E-state index contributed by atoms with van der Waals surface area (Å²) < 4.78 is 5.42. The molecule has 0 saturated carbocycles. The van der Waals surface area contributed by atoms with E-state index in [2.05, 4.69) is 41.2 Å². The lowest BCUT2D eigenvalue weighted by atomic mass is 10.0. The molecule has 0 radical (unpaired) electrons. The van der Waals surface area contributed by atoms with E-state index in [-0.39, 0.29) is 18.5 Å². The van der Waals surface area contributed by atoms with E-state index in [9.17, 15) is 4.79 Å². The first-order valence-corrected chi connectivity index (χ1v) is 7.00. The number of amides is 1. The number of rotatable bonds is 7. The molecular formula is C15H19N5O2. The molecule has 0 unspecified atom stereocenters. The molecule has 0 bridgehead atoms. The summed E-state index contributed by atoms with van der Waals surface area (Å²) in [4.78, 5) is 13.1. The highest BCUT2D eigenvalue weighted by atomic mass is 16.5. The molecule has 0 fully saturated rings. The maximum atomic E-state index is 11.8. The molecule has 7 nitrogen and oxygen atoms in total. The Morgan fingerprint density at radius 2 is 2.14 bits per heavy atom. The average Bonchev–Trinajstić information content (AvgIpc) is 2.93. The van der Waals surface area contributed by atoms with E-state index in [1.807, 2.05) is 24.3 Å². The number of nitrogens with zero attached hydrogens (tertiary/aromatic N) is 4. The van der Waals surface area contributed by atoms with Crippen LogP contribution in [0.1, 0.15) is 25.3 Å². The second-order valence-electron chi connectivity index (χ2n) is 5.02. The van der Waals surface area contributed by atoms with Gasteiger partial charge in [-0.05, 0) is 28.8 Å². The number of anilines is 1. The Bertz CT molecular complexity index is 634. The van der Waals surface area contributed by atoms with E-state index in [1.54, 1.807) is 6.08 Å². The highest BCUT2D eigenvalue weighted by Crippen LogP contribution is 2.18. The molecule has 2 rings (SSSR count). The predicted octanol–water partition coefficient (Wildman–Crippen LogP) is 2.00. The quantitative estimate of drug-likeness (QED) is 0.791. The fourth-order valence-electron chi connectivity index (χ4n) is 1.74. The van der Waals surface area contributed by atoms with Gasteiger partial charge >= 0.3 is 0 Å². The van der Waals surface area contributed by atoms with Gasteiger partial charge in [0.1, 0.15) is 5.75 Å². The van der Waals surface area contributed by atoms with Gasteiger partial charge in [0.15, 0.2) is 6.61 Å². The first-order valence-electron chi connectivity index (χ1n) is 7.00. The minimum absolute atomic E-state index is 0.114. The van der Waals surface area contributed by atoms with Gasteiger partial charge in [-0.25, -0.2) is 0 Å². The molecule has 0 aliphatic heterocycles. The number of aromatic nitrogens is 4. The minimum atomic E-state index is -0.342. The molecule has 1 heterocycles. The van der Waals surface area contributed by atoms with Crippen molar-refractivity contribution in [1.29, 1.82) is 0 Å². The van der Waals surface area contributed by atoms with Gasteiger partial charge in [0, 0.05) is 0 Å². The van der Waals surface area contributed by atoms with Crippen molar-refractivity contribution in [2.45, 2.75) is 26.3 Å². The molecule has 1 aromatic carbocycles. The van der Waals surface area contributed by atoms with Crippen LogP contribution in [-0.2, 0) is 11.3 Å². The first-order chi connectivity index (χ1) is 10.6. The van der Waals surface area contributed by atoms with E-state index in [0.29, 0.717) is 18.2 Å². The van der Waals surface area contributed by atoms with E-state index >= 15 is 0 Å². The van der Waals surface area contributed by atoms with Crippen molar-refractivity contribution in [1.82, 2.24) is 20.2 Å². The van der Waals surface area contributed by atoms with Crippen molar-refractivity contribution in [3.05, 3.63) is 42.5 Å². The van der Waals surface area contributed by atoms with Gasteiger partial charge in [-0.3, -0.25) is 10.1 Å². The number of hydrogen-bond acceptors (Lipinski definition) is 5. The largest absolute Gasteiger partial charge is 0.484 e. The monoisotopic (exact) mass is 301 g/mol. The maximum absolute atomic E-state index is 11.8. The van der Waals surface area contributed by atoms with Crippen molar-refractivity contribution in [3.63, 3.8) is 0 Å². The number of hydrogen-bond donors (Lipinski definition) is 1. The van der Waals surface area contributed by atoms with Crippen LogP contribution in [0, 0.1) is 0 Å². The topological polar surface area (TPSA) is 81.9 Å². The standard InChI is InChI=1S/C15H19N5O2/c1-4-9-20-18-15(17-19-20)16-14(21)10-22-13-7-5-12(6-8-13)11(2)3/h4-8,11H,1,9-10H2,2-3H3,(H,16,18,21). The number of carbonyl (C=O) groups is 1. The Labute approximate surface area is 129 Å². The van der Waals surface area contributed by atoms with Crippen molar-refractivity contribution in [2.75, 3.05) is 11.9 Å². The summed E-state index contributed by atoms with van der Waals surface area (Å²) in [6.07, 6.45) is 1.64. The molecule has 0 spiro atoms. The average molecular weight is 301 g/mol. The van der Waals surface area contributed by atoms with Crippen molar-refractivity contribution in [2.24, 2.45) is 0 Å². The van der Waals surface area contributed by atoms with Gasteiger partial charge in [-0.15, -0.1) is 11.7 Å². The van der Waals surface area contributed by atoms with Gasteiger partial charge < -0.3 is 4.74 Å². The molecule has 0 aliphatic carbocycles. The fourth-order valence-corrected chi connectivity index (χ4v) is 1.74. The smallest absolute Gasteiger partial charge is 0.270 e. The number of nitrogens with one attached hydrogen (secondary N) is 1. The molecule has 0 saturated heterocycles. The van der Waals surface area contributed by atoms with Crippen LogP contribution in [0.5, 0.6) is 5.75 Å². The van der Waals surface area contributed by atoms with Gasteiger partial charge in [0.05, 0.1) is 6.54 Å². The molecule has 1 amide bonds. The summed E-state index contributed by atoms with van der Waals surface area (Å²) in [7, 11) is 0. The maximum Gasteiger partial charge on any atom is 0.270 e. The fraction of sp³-hybridized carbons (Fsp3) is 0.333. The van der Waals surface area contributed by atoms with Gasteiger partial charge in [0.25, 0.3) is 11.9 Å². The summed E-state index contributed by atoms with van der Waals surface area (Å²) in [5.74, 6) is 0.904. The van der Waals surface area contributed by atoms with Crippen LogP contribution < -0.4 is 10.1 Å². The van der Waals surface area contributed by atoms with Crippen LogP contribution >= 0.6 is 0 Å². The number of tetrazole rings is 1. The SMILES string of the molecule is C=CCn1nnc(NC(=O)COc2ccc(C(C)C)cc2)n1. The van der Waals surface area contributed by atoms with Crippen LogP contribution in [0.3, 0.4) is 0 Å². The van der Waals surface area contributed by atoms with E-state index in [4.69, 9.17) is 4.74 Å². The Morgan fingerprint density at radius 3 is 2.77 bits per heavy atom. The van der Waals surface area contributed by atoms with Crippen LogP contribution in [-0.4, -0.2) is 32.7 Å². The third-order valence-electron chi connectivity index (χ3n) is 2.91. The Kier molecular flexibility index (Phi) is 5.24. The number of benzene rings is 1. The van der Waals surface area contributed by atoms with Crippen LogP contribution in [0.2, 0.25) is 0 Å². The van der Waals surface area contributed by atoms with E-state index in [1.165, 1.54) is 10.4 Å². The van der Waals surface area contributed by atoms with Crippen molar-refractivity contribution >= 4 is 11.9 Å². The molecule has 116 valence electrons. The lowest BCUT2D eigenvalue weighted by Gasteiger charge is -2.08. The van der Waals surface area contributed by atoms with E-state index < -0.39 is 0 Å². The lowest BCUT2D eigenvalue weighted by Crippen LogP contribution is -2.21. The number of ether oxygens (including phenoxy) is 1. The lowest BCUT2D eigenvalue weighted by molar-refractivity contribution is -0.118. The molecule has 1 N–H and O–H groups in total. The van der Waals surface area contributed by atoms with Crippen molar-refractivity contribution < 1.29 is 9.53 Å². The molecule has 2 aromatic rings. The Morgan fingerprint density at radius 1 is 1.41 bits per heavy atom. The summed E-state index contributed by atoms with van der Waals surface area (Å²) in [6.45, 7) is 8.13. The zero-order valence-corrected chi connectivity index (χ0v) is 12.7. The molecule has 0 aliphatic rings. The summed E-state index contributed by atoms with van der Waals surface area (Å²) in [5, 5.41) is 13.9. The highest BCUT2D eigenvalue weighted by molar-refractivity contribution is 5.90. The highest BCUT2D eigenvalue weighted by Gasteiger charge is 2.08. The Balaban J connectivity index is 1.82. The van der Waals surface area contributed by atoms with Gasteiger partial charge in [-0.1, -0.05) is 37.2 Å². The first kappa shape index (κ1) is 15.7. The summed E-state index contributed by atoms with van der Waals surface area (Å²) >= 11 is 0. The van der Waals surface area contributed by atoms with Gasteiger partial charge in [-0.2, -0.15) is 4.80 Å². The van der Waals surface area contributed by atoms with E-state index in [0.717, 1.165) is 0 Å². The van der Waals surface area contributed by atoms with Gasteiger partial charge in [0.2, 0.25) is 0 Å². The molecule has 22 heavy (non-hydrogen) atoms. The van der Waals surface area contributed by atoms with Crippen LogP contribution in [0.15, 0.2) is 36.9 Å². The van der Waals surface area contributed by atoms with Crippen LogP contribution in [0.4, 0.5) is 5.95 Å². The number of allylic oxidation sites excluding steroid dienone is 1. The minimum Gasteiger partial charge on any atom is -0.484 e. The zero-order valence-electron chi connectivity index (χ0n) is 12.7. The third kappa shape index (κ3) is 4.41. The predicted molar refractivity (Wildman–Crippen MR) is 82.7 cm³/mol. The molecule has 7 heteroatoms. The second kappa shape index (κ2) is 7.35. The third-order valence-corrected chi connectivity index (χ3v) is 2.91. The van der Waals surface area contributed by atoms with Crippen LogP contribution in [0.25, 0.3) is 0 Å². The summed E-state index contributed by atoms with van der Waals surface area (Å²) in [6, 6.07) is 7.67.